The van der Waals surface area contributed by atoms with Crippen molar-refractivity contribution in [1.29, 1.82) is 0 Å². The highest BCUT2D eigenvalue weighted by molar-refractivity contribution is 6.31. The van der Waals surface area contributed by atoms with Crippen molar-refractivity contribution in [2.45, 2.75) is 50.9 Å². The molecule has 3 aliphatic heterocycles. The Morgan fingerprint density at radius 1 is 0.953 bits per heavy atom. The number of amides is 6. The first-order chi connectivity index (χ1) is 31.0. The van der Waals surface area contributed by atoms with Crippen LogP contribution in [0.4, 0.5) is 16.3 Å². The molecule has 2 atom stereocenters. The predicted molar refractivity (Wildman–Crippen MR) is 239 cm³/mol. The van der Waals surface area contributed by atoms with Crippen molar-refractivity contribution in [3.63, 3.8) is 0 Å². The van der Waals surface area contributed by atoms with Gasteiger partial charge >= 0.3 is 6.03 Å². The fourth-order valence-corrected chi connectivity index (χ4v) is 8.70. The topological polar surface area (TPSA) is 198 Å². The smallest absolute Gasteiger partial charge is 0.322 e. The van der Waals surface area contributed by atoms with Gasteiger partial charge in [0, 0.05) is 60.0 Å². The predicted octanol–water partition coefficient (Wildman–Crippen LogP) is 6.42. The average molecular weight is 879 g/mol. The van der Waals surface area contributed by atoms with E-state index < -0.39 is 18.0 Å². The monoisotopic (exact) mass is 878 g/mol. The molecule has 324 valence electrons. The number of para-hydroxylation sites is 1. The van der Waals surface area contributed by atoms with Gasteiger partial charge in [0.2, 0.25) is 11.8 Å². The lowest BCUT2D eigenvalue weighted by Gasteiger charge is -2.34. The van der Waals surface area contributed by atoms with Crippen molar-refractivity contribution in [3.8, 4) is 22.8 Å². The first kappa shape index (κ1) is 41.7. The number of hydrogen-bond donors (Lipinski definition) is 3. The number of anilines is 2. The molecule has 0 radical (unpaired) electrons. The normalized spacial score (nSPS) is 17.2. The van der Waals surface area contributed by atoms with Gasteiger partial charge in [0.1, 0.15) is 35.4 Å². The van der Waals surface area contributed by atoms with Gasteiger partial charge in [0.25, 0.3) is 11.8 Å². The van der Waals surface area contributed by atoms with Crippen LogP contribution in [0.2, 0.25) is 5.02 Å². The van der Waals surface area contributed by atoms with Crippen LogP contribution in [0.25, 0.3) is 22.3 Å². The Labute approximate surface area is 372 Å². The van der Waals surface area contributed by atoms with Crippen LogP contribution in [0.1, 0.15) is 53.2 Å². The molecule has 2 aromatic heterocycles. The zero-order valence-electron chi connectivity index (χ0n) is 34.6. The van der Waals surface area contributed by atoms with E-state index >= 15 is 0 Å². The first-order valence-corrected chi connectivity index (χ1v) is 21.2. The Hall–Kier alpha value is -7.59. The molecule has 0 aliphatic carbocycles. The number of nitrogens with one attached hydrogen (secondary N) is 2. The van der Waals surface area contributed by atoms with E-state index in [2.05, 4.69) is 27.2 Å². The maximum atomic E-state index is 14.2. The Kier molecular flexibility index (Phi) is 11.5. The number of rotatable bonds is 11. The van der Waals surface area contributed by atoms with Gasteiger partial charge in [-0.15, -0.1) is 0 Å². The molecular formula is C47H43ClN10O6. The minimum absolute atomic E-state index is 0.101. The summed E-state index contributed by atoms with van der Waals surface area (Å²) in [6.07, 6.45) is 3.23. The molecule has 0 bridgehead atoms. The Morgan fingerprint density at radius 2 is 1.75 bits per heavy atom. The molecule has 5 heterocycles. The fourth-order valence-electron chi connectivity index (χ4n) is 8.51. The molecule has 6 amide bonds. The number of urea groups is 1. The van der Waals surface area contributed by atoms with E-state index in [0.717, 1.165) is 23.3 Å². The molecule has 3 aliphatic rings. The second-order valence-electron chi connectivity index (χ2n) is 16.0. The van der Waals surface area contributed by atoms with Crippen LogP contribution in [-0.2, 0) is 27.5 Å². The quantitative estimate of drug-likeness (QED) is 0.0965. The van der Waals surface area contributed by atoms with Gasteiger partial charge in [-0.3, -0.25) is 29.4 Å². The minimum atomic E-state index is -0.735. The van der Waals surface area contributed by atoms with E-state index in [0.29, 0.717) is 63.8 Å². The first-order valence-electron chi connectivity index (χ1n) is 20.9. The van der Waals surface area contributed by atoms with Crippen LogP contribution < -0.4 is 26.0 Å². The zero-order valence-corrected chi connectivity index (χ0v) is 35.3. The van der Waals surface area contributed by atoms with Crippen LogP contribution in [0.15, 0.2) is 116 Å². The van der Waals surface area contributed by atoms with Crippen LogP contribution in [0, 0.1) is 0 Å². The molecule has 6 aromatic rings. The highest BCUT2D eigenvalue weighted by Crippen LogP contribution is 2.36. The van der Waals surface area contributed by atoms with Crippen LogP contribution in [0.5, 0.6) is 11.5 Å². The summed E-state index contributed by atoms with van der Waals surface area (Å²) in [4.78, 5) is 79.1. The Bertz CT molecular complexity index is 2830. The summed E-state index contributed by atoms with van der Waals surface area (Å²) < 4.78 is 7.82. The molecule has 2 fully saturated rings. The highest BCUT2D eigenvalue weighted by Gasteiger charge is 2.39. The number of carbonyl (C=O) groups excluding carboxylic acids is 5. The van der Waals surface area contributed by atoms with Crippen LogP contribution in [-0.4, -0.2) is 84.9 Å². The molecule has 64 heavy (non-hydrogen) atoms. The third kappa shape index (κ3) is 8.46. The van der Waals surface area contributed by atoms with Crippen molar-refractivity contribution in [3.05, 3.63) is 137 Å². The number of nitrogens with zero attached hydrogens (tertiary/aromatic N) is 7. The summed E-state index contributed by atoms with van der Waals surface area (Å²) in [5, 5.41) is 11.3. The number of carbonyl (C=O) groups is 5. The third-order valence-corrected chi connectivity index (χ3v) is 11.9. The number of benzene rings is 4. The molecule has 1 unspecified atom stereocenters. The van der Waals surface area contributed by atoms with Crippen molar-refractivity contribution in [1.82, 2.24) is 40.2 Å². The van der Waals surface area contributed by atoms with Crippen molar-refractivity contribution in [2.24, 2.45) is 0 Å². The molecule has 0 saturated carbocycles. The highest BCUT2D eigenvalue weighted by atomic mass is 35.5. The van der Waals surface area contributed by atoms with Gasteiger partial charge in [0.15, 0.2) is 5.65 Å². The van der Waals surface area contributed by atoms with Gasteiger partial charge in [-0.1, -0.05) is 54.6 Å². The number of aromatic nitrogens is 4. The molecule has 2 saturated heterocycles. The second kappa shape index (κ2) is 17.6. The van der Waals surface area contributed by atoms with Crippen LogP contribution >= 0.6 is 11.6 Å². The SMILES string of the molecule is C=C(CN(C(=O)NCc1ccc2c(c1)CN(C1CCC(=O)NC1=O)C2=O)c1cccc(Cl)c1)C(=O)N1CCC[C@@H](n2nc(-c3ccc(Oc4ccccc4)cc3)c3c(N)ncnc32)C1. The van der Waals surface area contributed by atoms with Gasteiger partial charge in [-0.2, -0.15) is 5.10 Å². The van der Waals surface area contributed by atoms with Gasteiger partial charge in [-0.25, -0.2) is 19.4 Å². The Morgan fingerprint density at radius 3 is 2.53 bits per heavy atom. The van der Waals surface area contributed by atoms with Gasteiger partial charge < -0.3 is 25.6 Å². The number of piperidine rings is 2. The molecule has 17 heteroatoms. The summed E-state index contributed by atoms with van der Waals surface area (Å²) in [5.41, 5.74) is 11.0. The summed E-state index contributed by atoms with van der Waals surface area (Å²) in [5.74, 6) is 0.235. The number of hydrogen-bond acceptors (Lipinski definition) is 10. The number of nitrogen functional groups attached to an aromatic ring is 1. The fraction of sp³-hybridized carbons (Fsp3) is 0.234. The van der Waals surface area contributed by atoms with E-state index in [1.54, 1.807) is 41.3 Å². The van der Waals surface area contributed by atoms with Crippen molar-refractivity contribution >= 4 is 63.8 Å². The van der Waals surface area contributed by atoms with E-state index in [-0.39, 0.29) is 67.6 Å². The summed E-state index contributed by atoms with van der Waals surface area (Å²) >= 11 is 6.38. The lowest BCUT2D eigenvalue weighted by atomic mass is 10.0. The lowest BCUT2D eigenvalue weighted by Crippen LogP contribution is -2.52. The molecule has 9 rings (SSSR count). The van der Waals surface area contributed by atoms with Gasteiger partial charge in [-0.05, 0) is 91.1 Å². The lowest BCUT2D eigenvalue weighted by molar-refractivity contribution is -0.137. The Balaban J connectivity index is 0.885. The maximum Gasteiger partial charge on any atom is 0.322 e. The molecule has 4 N–H and O–H groups in total. The number of nitrogens with two attached hydrogens (primary N) is 1. The number of fused-ring (bicyclic) bond motifs is 2. The maximum absolute atomic E-state index is 14.2. The van der Waals surface area contributed by atoms with Gasteiger partial charge in [0.05, 0.1) is 18.0 Å². The molecule has 0 spiro atoms. The molecular weight excluding hydrogens is 836 g/mol. The minimum Gasteiger partial charge on any atom is -0.457 e. The van der Waals surface area contributed by atoms with E-state index in [4.69, 9.17) is 27.2 Å². The number of likely N-dealkylation sites (tertiary alicyclic amines) is 1. The van der Waals surface area contributed by atoms with Crippen LogP contribution in [0.3, 0.4) is 0 Å². The second-order valence-corrected chi connectivity index (χ2v) is 16.4. The third-order valence-electron chi connectivity index (χ3n) is 11.7. The van der Waals surface area contributed by atoms with Crippen molar-refractivity contribution in [2.75, 3.05) is 30.3 Å². The van der Waals surface area contributed by atoms with E-state index in [1.165, 1.54) is 16.1 Å². The van der Waals surface area contributed by atoms with E-state index in [9.17, 15) is 24.0 Å². The number of halogens is 1. The standard InChI is InChI=1S/C47H43ClN10O6/c1-28(24-56(33-8-5-7-32(48)22-33)47(63)50-23-29-12-17-37-31(21-29)25-57(46(37)62)38-18-19-39(59)53-44(38)60)45(61)55-20-6-9-34(26-55)58-43-40(42(49)51-27-52-43)41(54-58)30-13-15-36(16-14-30)64-35-10-3-2-4-11-35/h2-5,7-8,10-17,21-22,27,34,38H,1,6,9,18-20,23-26H2,(H,50,63)(H2,49,51,52)(H,53,59,60)/t34-,38?/m1/s1. The summed E-state index contributed by atoms with van der Waals surface area (Å²) in [7, 11) is 0. The number of ether oxygens (including phenoxy) is 1. The molecule has 16 nitrogen and oxygen atoms in total. The summed E-state index contributed by atoms with van der Waals surface area (Å²) in [6, 6.07) is 27.6. The van der Waals surface area contributed by atoms with E-state index in [1.807, 2.05) is 65.3 Å². The average Bonchev–Trinajstić information content (AvgIpc) is 3.86. The van der Waals surface area contributed by atoms with Crippen molar-refractivity contribution < 1.29 is 28.7 Å². The largest absolute Gasteiger partial charge is 0.457 e. The summed E-state index contributed by atoms with van der Waals surface area (Å²) in [6.45, 7) is 5.12. The zero-order chi connectivity index (χ0) is 44.5. The molecule has 4 aromatic carbocycles. The number of imide groups is 1.